The van der Waals surface area contributed by atoms with Gasteiger partial charge in [0.1, 0.15) is 23.0 Å². The largest absolute Gasteiger partial charge is 0.508 e. The number of unbranched alkanes of at least 4 members (excludes halogenated alkanes) is 4. The number of rotatable bonds is 10. The van der Waals surface area contributed by atoms with Crippen LogP contribution in [0, 0.1) is 13.8 Å². The van der Waals surface area contributed by atoms with Gasteiger partial charge < -0.3 is 20.4 Å². The second-order valence-corrected chi connectivity index (χ2v) is 7.48. The highest BCUT2D eigenvalue weighted by Gasteiger charge is 2.06. The molecule has 0 spiro atoms. The number of phenolic OH excluding ortho intramolecular Hbond substituents is 4. The standard InChI is InChI=1S/C24H32O4/c1-17-21(25)13-19(14-22(17)26)11-9-7-5-3-4-6-8-10-12-20-15-23(27)18(2)24(28)16-20/h3-4,13-16,25-28H,5-12H2,1-2H3. The summed E-state index contributed by atoms with van der Waals surface area (Å²) in [6.45, 7) is 3.40. The van der Waals surface area contributed by atoms with Crippen LogP contribution >= 0.6 is 0 Å². The van der Waals surface area contributed by atoms with Gasteiger partial charge in [-0.1, -0.05) is 12.2 Å². The third-order valence-electron chi connectivity index (χ3n) is 5.16. The third-order valence-corrected chi connectivity index (χ3v) is 5.16. The Labute approximate surface area is 167 Å². The molecule has 4 heteroatoms. The van der Waals surface area contributed by atoms with Gasteiger partial charge in [0.2, 0.25) is 0 Å². The molecule has 0 saturated heterocycles. The van der Waals surface area contributed by atoms with Crippen LogP contribution in [0.5, 0.6) is 23.0 Å². The van der Waals surface area contributed by atoms with Gasteiger partial charge in [0, 0.05) is 11.1 Å². The molecular formula is C24H32O4. The molecule has 0 unspecified atom stereocenters. The normalized spacial score (nSPS) is 11.4. The predicted molar refractivity (Wildman–Crippen MR) is 113 cm³/mol. The topological polar surface area (TPSA) is 80.9 Å². The quantitative estimate of drug-likeness (QED) is 0.308. The fraction of sp³-hybridized carbons (Fsp3) is 0.417. The average Bonchev–Trinajstić information content (AvgIpc) is 2.65. The van der Waals surface area contributed by atoms with Crippen LogP contribution in [0.3, 0.4) is 0 Å². The minimum Gasteiger partial charge on any atom is -0.508 e. The van der Waals surface area contributed by atoms with E-state index in [-0.39, 0.29) is 23.0 Å². The Balaban J connectivity index is 1.57. The summed E-state index contributed by atoms with van der Waals surface area (Å²) in [5.41, 5.74) is 3.00. The Bertz CT molecular complexity index is 695. The predicted octanol–water partition coefficient (Wildman–Crippen LogP) is 5.81. The van der Waals surface area contributed by atoms with Crippen molar-refractivity contribution in [3.63, 3.8) is 0 Å². The van der Waals surface area contributed by atoms with E-state index in [0.29, 0.717) is 11.1 Å². The summed E-state index contributed by atoms with van der Waals surface area (Å²) in [5.74, 6) is 0.633. The van der Waals surface area contributed by atoms with E-state index in [1.807, 2.05) is 0 Å². The molecule has 28 heavy (non-hydrogen) atoms. The van der Waals surface area contributed by atoms with Crippen LogP contribution in [0.4, 0.5) is 0 Å². The number of allylic oxidation sites excluding steroid dienone is 2. The fourth-order valence-corrected chi connectivity index (χ4v) is 3.19. The van der Waals surface area contributed by atoms with Gasteiger partial charge in [0.05, 0.1) is 0 Å². The van der Waals surface area contributed by atoms with Crippen molar-refractivity contribution in [1.82, 2.24) is 0 Å². The van der Waals surface area contributed by atoms with E-state index >= 15 is 0 Å². The zero-order valence-corrected chi connectivity index (χ0v) is 16.9. The second kappa shape index (κ2) is 10.6. The zero-order valence-electron chi connectivity index (χ0n) is 16.9. The first-order valence-electron chi connectivity index (χ1n) is 10.1. The lowest BCUT2D eigenvalue weighted by molar-refractivity contribution is 0.440. The summed E-state index contributed by atoms with van der Waals surface area (Å²) in [7, 11) is 0. The zero-order chi connectivity index (χ0) is 20.5. The van der Waals surface area contributed by atoms with E-state index in [9.17, 15) is 20.4 Å². The first-order valence-corrected chi connectivity index (χ1v) is 10.1. The van der Waals surface area contributed by atoms with Crippen molar-refractivity contribution < 1.29 is 20.4 Å². The van der Waals surface area contributed by atoms with Crippen molar-refractivity contribution in [3.8, 4) is 23.0 Å². The van der Waals surface area contributed by atoms with Crippen molar-refractivity contribution in [1.29, 1.82) is 0 Å². The van der Waals surface area contributed by atoms with Gasteiger partial charge in [-0.2, -0.15) is 0 Å². The van der Waals surface area contributed by atoms with Gasteiger partial charge in [-0.25, -0.2) is 0 Å². The van der Waals surface area contributed by atoms with Gasteiger partial charge in [0.15, 0.2) is 0 Å². The maximum atomic E-state index is 9.74. The third kappa shape index (κ3) is 6.52. The SMILES string of the molecule is Cc1c(O)cc(CCCCC=CCCCCc2cc(O)c(C)c(O)c2)cc1O. The maximum Gasteiger partial charge on any atom is 0.122 e. The molecule has 0 bridgehead atoms. The van der Waals surface area contributed by atoms with Crippen LogP contribution in [-0.2, 0) is 12.8 Å². The van der Waals surface area contributed by atoms with Crippen LogP contribution < -0.4 is 0 Å². The molecule has 152 valence electrons. The summed E-state index contributed by atoms with van der Waals surface area (Å²) in [5, 5.41) is 39.0. The van der Waals surface area contributed by atoms with Crippen LogP contribution in [0.15, 0.2) is 36.4 Å². The highest BCUT2D eigenvalue weighted by atomic mass is 16.3. The average molecular weight is 385 g/mol. The number of hydrogen-bond donors (Lipinski definition) is 4. The van der Waals surface area contributed by atoms with E-state index in [1.54, 1.807) is 38.1 Å². The van der Waals surface area contributed by atoms with E-state index in [1.165, 1.54) is 0 Å². The molecule has 0 amide bonds. The van der Waals surface area contributed by atoms with Gasteiger partial charge in [-0.05, 0) is 101 Å². The highest BCUT2D eigenvalue weighted by Crippen LogP contribution is 2.29. The Morgan fingerprint density at radius 1 is 0.571 bits per heavy atom. The number of phenols is 4. The number of hydrogen-bond acceptors (Lipinski definition) is 4. The molecule has 0 aliphatic carbocycles. The highest BCUT2D eigenvalue weighted by molar-refractivity contribution is 5.46. The van der Waals surface area contributed by atoms with Crippen molar-refractivity contribution in [2.45, 2.75) is 65.2 Å². The van der Waals surface area contributed by atoms with Crippen molar-refractivity contribution in [2.75, 3.05) is 0 Å². The smallest absolute Gasteiger partial charge is 0.122 e. The molecule has 2 aromatic rings. The van der Waals surface area contributed by atoms with Crippen molar-refractivity contribution in [3.05, 3.63) is 58.7 Å². The van der Waals surface area contributed by atoms with Gasteiger partial charge in [-0.15, -0.1) is 0 Å². The molecular weight excluding hydrogens is 352 g/mol. The minimum atomic E-state index is 0.158. The molecule has 4 N–H and O–H groups in total. The number of aromatic hydroxyl groups is 4. The lowest BCUT2D eigenvalue weighted by atomic mass is 10.0. The van der Waals surface area contributed by atoms with Crippen LogP contribution in [0.2, 0.25) is 0 Å². The summed E-state index contributed by atoms with van der Waals surface area (Å²) in [6.07, 6.45) is 12.4. The first kappa shape index (κ1) is 21.7. The van der Waals surface area contributed by atoms with E-state index < -0.39 is 0 Å². The Hall–Kier alpha value is -2.62. The van der Waals surface area contributed by atoms with E-state index in [2.05, 4.69) is 12.2 Å². The van der Waals surface area contributed by atoms with E-state index in [4.69, 9.17) is 0 Å². The van der Waals surface area contributed by atoms with Crippen molar-refractivity contribution >= 4 is 0 Å². The molecule has 0 heterocycles. The molecule has 0 aromatic heterocycles. The first-order chi connectivity index (χ1) is 13.4. The number of benzene rings is 2. The Kier molecular flexibility index (Phi) is 8.24. The molecule has 0 fully saturated rings. The lowest BCUT2D eigenvalue weighted by Crippen LogP contribution is -1.88. The van der Waals surface area contributed by atoms with Crippen molar-refractivity contribution in [2.24, 2.45) is 0 Å². The summed E-state index contributed by atoms with van der Waals surface area (Å²) < 4.78 is 0. The Morgan fingerprint density at radius 3 is 1.21 bits per heavy atom. The van der Waals surface area contributed by atoms with Crippen LogP contribution in [-0.4, -0.2) is 20.4 Å². The molecule has 2 rings (SSSR count). The lowest BCUT2D eigenvalue weighted by Gasteiger charge is -2.06. The second-order valence-electron chi connectivity index (χ2n) is 7.48. The molecule has 0 atom stereocenters. The minimum absolute atomic E-state index is 0.158. The molecule has 2 aromatic carbocycles. The maximum absolute atomic E-state index is 9.74. The molecule has 0 aliphatic rings. The number of aryl methyl sites for hydroxylation is 2. The molecule has 0 saturated carbocycles. The molecule has 4 nitrogen and oxygen atoms in total. The molecule has 0 aliphatic heterocycles. The summed E-state index contributed by atoms with van der Waals surface area (Å²) >= 11 is 0. The van der Waals surface area contributed by atoms with Crippen LogP contribution in [0.25, 0.3) is 0 Å². The van der Waals surface area contributed by atoms with Gasteiger partial charge >= 0.3 is 0 Å². The fourth-order valence-electron chi connectivity index (χ4n) is 3.19. The van der Waals surface area contributed by atoms with Gasteiger partial charge in [0.25, 0.3) is 0 Å². The van der Waals surface area contributed by atoms with Gasteiger partial charge in [-0.3, -0.25) is 0 Å². The van der Waals surface area contributed by atoms with Crippen LogP contribution in [0.1, 0.15) is 60.8 Å². The summed E-state index contributed by atoms with van der Waals surface area (Å²) in [6, 6.07) is 6.94. The molecule has 0 radical (unpaired) electrons. The monoisotopic (exact) mass is 384 g/mol. The van der Waals surface area contributed by atoms with E-state index in [0.717, 1.165) is 62.5 Å². The Morgan fingerprint density at radius 2 is 0.893 bits per heavy atom. The summed E-state index contributed by atoms with van der Waals surface area (Å²) in [4.78, 5) is 0.